The lowest BCUT2D eigenvalue weighted by Crippen LogP contribution is -2.29. The first-order valence-corrected chi connectivity index (χ1v) is 7.40. The number of nitrogens with zero attached hydrogens (tertiary/aromatic N) is 3. The molecule has 19 heavy (non-hydrogen) atoms. The lowest BCUT2D eigenvalue weighted by atomic mass is 9.86. The van der Waals surface area contributed by atoms with Crippen molar-refractivity contribution in [3.8, 4) is 0 Å². The van der Waals surface area contributed by atoms with E-state index in [0.29, 0.717) is 5.41 Å². The van der Waals surface area contributed by atoms with Gasteiger partial charge in [-0.25, -0.2) is 0 Å². The first-order chi connectivity index (χ1) is 9.06. The molecule has 0 radical (unpaired) electrons. The minimum Gasteiger partial charge on any atom is -0.306 e. The molecular formula is C16H25N3. The van der Waals surface area contributed by atoms with E-state index in [4.69, 9.17) is 0 Å². The van der Waals surface area contributed by atoms with Gasteiger partial charge in [0.25, 0.3) is 0 Å². The van der Waals surface area contributed by atoms with Crippen LogP contribution in [0.1, 0.15) is 29.8 Å². The number of hydrogen-bond donors (Lipinski definition) is 0. The smallest absolute Gasteiger partial charge is 0.0420 e. The first-order valence-electron chi connectivity index (χ1n) is 7.40. The van der Waals surface area contributed by atoms with Gasteiger partial charge in [0.2, 0.25) is 0 Å². The van der Waals surface area contributed by atoms with Crippen LogP contribution in [0.3, 0.4) is 0 Å². The summed E-state index contributed by atoms with van der Waals surface area (Å²) < 4.78 is 0. The van der Waals surface area contributed by atoms with Crippen molar-refractivity contribution in [3.63, 3.8) is 0 Å². The van der Waals surface area contributed by atoms with E-state index in [-0.39, 0.29) is 0 Å². The maximum absolute atomic E-state index is 4.58. The van der Waals surface area contributed by atoms with E-state index >= 15 is 0 Å². The fourth-order valence-corrected chi connectivity index (χ4v) is 3.78. The van der Waals surface area contributed by atoms with Gasteiger partial charge in [-0.15, -0.1) is 0 Å². The minimum atomic E-state index is 0.584. The van der Waals surface area contributed by atoms with Crippen molar-refractivity contribution in [2.45, 2.75) is 33.2 Å². The average Bonchev–Trinajstić information content (AvgIpc) is 2.91. The number of pyridine rings is 1. The highest BCUT2D eigenvalue weighted by atomic mass is 15.2. The normalized spacial score (nSPS) is 28.6. The van der Waals surface area contributed by atoms with Gasteiger partial charge in [0.05, 0.1) is 0 Å². The third-order valence-electron chi connectivity index (χ3n) is 4.88. The molecule has 0 aliphatic carbocycles. The van der Waals surface area contributed by atoms with Crippen LogP contribution in [0.4, 0.5) is 0 Å². The lowest BCUT2D eigenvalue weighted by molar-refractivity contribution is 0.250. The van der Waals surface area contributed by atoms with Crippen LogP contribution in [0.15, 0.2) is 12.1 Å². The Balaban J connectivity index is 1.66. The van der Waals surface area contributed by atoms with Gasteiger partial charge >= 0.3 is 0 Å². The Kier molecular flexibility index (Phi) is 3.35. The zero-order chi connectivity index (χ0) is 13.5. The predicted molar refractivity (Wildman–Crippen MR) is 78.2 cm³/mol. The molecule has 1 aromatic rings. The topological polar surface area (TPSA) is 19.4 Å². The van der Waals surface area contributed by atoms with Crippen molar-refractivity contribution in [1.82, 2.24) is 14.8 Å². The van der Waals surface area contributed by atoms with Crippen molar-refractivity contribution < 1.29 is 0 Å². The average molecular weight is 259 g/mol. The molecule has 3 rings (SSSR count). The van der Waals surface area contributed by atoms with E-state index in [1.165, 1.54) is 50.3 Å². The largest absolute Gasteiger partial charge is 0.306 e. The van der Waals surface area contributed by atoms with Gasteiger partial charge in [-0.3, -0.25) is 9.88 Å². The number of rotatable bonds is 2. The predicted octanol–water partition coefficient (Wildman–Crippen LogP) is 2.23. The molecule has 2 aliphatic heterocycles. The molecule has 0 aromatic carbocycles. The number of aryl methyl sites for hydroxylation is 2. The summed E-state index contributed by atoms with van der Waals surface area (Å²) >= 11 is 0. The van der Waals surface area contributed by atoms with E-state index in [1.54, 1.807) is 0 Å². The van der Waals surface area contributed by atoms with Crippen LogP contribution in [0, 0.1) is 19.3 Å². The van der Waals surface area contributed by atoms with E-state index in [9.17, 15) is 0 Å². The van der Waals surface area contributed by atoms with Gasteiger partial charge in [0, 0.05) is 31.0 Å². The Morgan fingerprint density at radius 2 is 1.95 bits per heavy atom. The molecule has 0 N–H and O–H groups in total. The third kappa shape index (κ3) is 2.67. The first kappa shape index (κ1) is 13.1. The molecule has 0 saturated carbocycles. The molecule has 2 aliphatic rings. The molecule has 1 aromatic heterocycles. The summed E-state index contributed by atoms with van der Waals surface area (Å²) in [5.41, 5.74) is 4.30. The molecule has 1 atom stereocenters. The summed E-state index contributed by atoms with van der Waals surface area (Å²) in [5, 5.41) is 0. The highest BCUT2D eigenvalue weighted by Crippen LogP contribution is 2.39. The van der Waals surface area contributed by atoms with Crippen LogP contribution in [0.5, 0.6) is 0 Å². The third-order valence-corrected chi connectivity index (χ3v) is 4.88. The molecule has 1 unspecified atom stereocenters. The molecule has 1 spiro atoms. The summed E-state index contributed by atoms with van der Waals surface area (Å²) in [6, 6.07) is 4.39. The number of aromatic nitrogens is 1. The van der Waals surface area contributed by atoms with Gasteiger partial charge in [-0.2, -0.15) is 0 Å². The summed E-state index contributed by atoms with van der Waals surface area (Å²) in [4.78, 5) is 9.69. The Morgan fingerprint density at radius 3 is 2.63 bits per heavy atom. The van der Waals surface area contributed by atoms with Crippen molar-refractivity contribution in [3.05, 3.63) is 29.1 Å². The number of likely N-dealkylation sites (tertiary alicyclic amines) is 2. The monoisotopic (exact) mass is 259 g/mol. The van der Waals surface area contributed by atoms with Crippen LogP contribution in [-0.4, -0.2) is 48.0 Å². The highest BCUT2D eigenvalue weighted by Gasteiger charge is 2.42. The Morgan fingerprint density at radius 1 is 1.16 bits per heavy atom. The maximum Gasteiger partial charge on any atom is 0.0420 e. The Hall–Kier alpha value is -0.930. The molecule has 3 heterocycles. The second kappa shape index (κ2) is 4.88. The molecule has 3 heteroatoms. The molecular weight excluding hydrogens is 234 g/mol. The fraction of sp³-hybridized carbons (Fsp3) is 0.688. The minimum absolute atomic E-state index is 0.584. The zero-order valence-electron chi connectivity index (χ0n) is 12.4. The second-order valence-corrected chi connectivity index (χ2v) is 6.65. The van der Waals surface area contributed by atoms with Crippen molar-refractivity contribution in [1.29, 1.82) is 0 Å². The van der Waals surface area contributed by atoms with Crippen molar-refractivity contribution in [2.24, 2.45) is 5.41 Å². The van der Waals surface area contributed by atoms with Crippen LogP contribution < -0.4 is 0 Å². The van der Waals surface area contributed by atoms with Gasteiger partial charge in [0.15, 0.2) is 0 Å². The van der Waals surface area contributed by atoms with Gasteiger partial charge < -0.3 is 4.90 Å². The standard InChI is InChI=1S/C16H25N3/c1-13-4-5-15(14(2)17-13)10-19-9-7-16(12-19)6-8-18(3)11-16/h4-5H,6-12H2,1-3H3. The fourth-order valence-electron chi connectivity index (χ4n) is 3.78. The lowest BCUT2D eigenvalue weighted by Gasteiger charge is -2.24. The Bertz CT molecular complexity index is 471. The van der Waals surface area contributed by atoms with Gasteiger partial charge in [-0.1, -0.05) is 6.07 Å². The van der Waals surface area contributed by atoms with Crippen molar-refractivity contribution >= 4 is 0 Å². The zero-order valence-corrected chi connectivity index (χ0v) is 12.4. The molecule has 104 valence electrons. The summed E-state index contributed by atoms with van der Waals surface area (Å²) in [5.74, 6) is 0. The van der Waals surface area contributed by atoms with E-state index in [0.717, 1.165) is 12.2 Å². The summed E-state index contributed by atoms with van der Waals surface area (Å²) in [7, 11) is 2.26. The molecule has 3 nitrogen and oxygen atoms in total. The van der Waals surface area contributed by atoms with Crippen molar-refractivity contribution in [2.75, 3.05) is 33.2 Å². The maximum atomic E-state index is 4.58. The van der Waals surface area contributed by atoms with E-state index in [1.807, 2.05) is 0 Å². The van der Waals surface area contributed by atoms with E-state index in [2.05, 4.69) is 47.8 Å². The molecule has 0 bridgehead atoms. The van der Waals surface area contributed by atoms with Crippen LogP contribution >= 0.6 is 0 Å². The second-order valence-electron chi connectivity index (χ2n) is 6.65. The van der Waals surface area contributed by atoms with Crippen LogP contribution in [0.25, 0.3) is 0 Å². The SMILES string of the molecule is Cc1ccc(CN2CCC3(CCN(C)C3)C2)c(C)n1. The molecule has 0 amide bonds. The quantitative estimate of drug-likeness (QED) is 0.812. The van der Waals surface area contributed by atoms with Crippen LogP contribution in [0.2, 0.25) is 0 Å². The molecule has 2 saturated heterocycles. The van der Waals surface area contributed by atoms with Crippen LogP contribution in [-0.2, 0) is 6.54 Å². The van der Waals surface area contributed by atoms with Gasteiger partial charge in [0.1, 0.15) is 0 Å². The van der Waals surface area contributed by atoms with E-state index < -0.39 is 0 Å². The Labute approximate surface area is 116 Å². The highest BCUT2D eigenvalue weighted by molar-refractivity contribution is 5.21. The summed E-state index contributed by atoms with van der Waals surface area (Å²) in [6.45, 7) is 10.4. The number of hydrogen-bond acceptors (Lipinski definition) is 3. The summed E-state index contributed by atoms with van der Waals surface area (Å²) in [6.07, 6.45) is 2.75. The van der Waals surface area contributed by atoms with Gasteiger partial charge in [-0.05, 0) is 63.9 Å². The molecule has 2 fully saturated rings.